The van der Waals surface area contributed by atoms with Crippen molar-refractivity contribution in [2.75, 3.05) is 17.8 Å². The molecular formula is C7H9ClN2O2S2. The van der Waals surface area contributed by atoms with Crippen molar-refractivity contribution in [1.82, 2.24) is 9.97 Å². The van der Waals surface area contributed by atoms with Crippen LogP contribution in [0.5, 0.6) is 0 Å². The summed E-state index contributed by atoms with van der Waals surface area (Å²) >= 11 is 6.91. The molecule has 14 heavy (non-hydrogen) atoms. The van der Waals surface area contributed by atoms with Crippen LogP contribution in [0.2, 0.25) is 5.28 Å². The van der Waals surface area contributed by atoms with Crippen molar-refractivity contribution in [2.45, 2.75) is 5.03 Å². The first-order valence-electron chi connectivity index (χ1n) is 3.76. The first-order chi connectivity index (χ1) is 6.47. The molecule has 4 nitrogen and oxygen atoms in total. The Hall–Kier alpha value is -0.330. The van der Waals surface area contributed by atoms with Crippen molar-refractivity contribution in [3.63, 3.8) is 0 Å². The van der Waals surface area contributed by atoms with Gasteiger partial charge in [0, 0.05) is 18.2 Å². The second-order valence-electron chi connectivity index (χ2n) is 2.64. The Morgan fingerprint density at radius 1 is 1.57 bits per heavy atom. The number of halogens is 1. The van der Waals surface area contributed by atoms with E-state index in [-0.39, 0.29) is 11.0 Å². The second-order valence-corrected chi connectivity index (χ2v) is 6.36. The number of aromatic nitrogens is 2. The molecule has 0 unspecified atom stereocenters. The number of nitrogens with zero attached hydrogens (tertiary/aromatic N) is 2. The molecule has 0 saturated carbocycles. The summed E-state index contributed by atoms with van der Waals surface area (Å²) in [6.07, 6.45) is 2.75. The van der Waals surface area contributed by atoms with Gasteiger partial charge in [-0.1, -0.05) is 0 Å². The summed E-state index contributed by atoms with van der Waals surface area (Å²) < 4.78 is 21.6. The van der Waals surface area contributed by atoms with Gasteiger partial charge in [0.2, 0.25) is 5.28 Å². The number of hydrogen-bond acceptors (Lipinski definition) is 5. The van der Waals surface area contributed by atoms with E-state index in [4.69, 9.17) is 11.6 Å². The molecule has 1 aromatic rings. The third-order valence-corrected chi connectivity index (χ3v) is 3.62. The molecule has 0 aliphatic rings. The van der Waals surface area contributed by atoms with E-state index in [0.29, 0.717) is 10.8 Å². The highest BCUT2D eigenvalue weighted by molar-refractivity contribution is 8.00. The molecule has 7 heteroatoms. The van der Waals surface area contributed by atoms with Crippen LogP contribution in [0.4, 0.5) is 0 Å². The van der Waals surface area contributed by atoms with Gasteiger partial charge < -0.3 is 0 Å². The number of rotatable bonds is 4. The molecule has 0 spiro atoms. The molecular weight excluding hydrogens is 244 g/mol. The molecule has 0 aliphatic heterocycles. The lowest BCUT2D eigenvalue weighted by Crippen LogP contribution is -2.05. The minimum absolute atomic E-state index is 0.138. The summed E-state index contributed by atoms with van der Waals surface area (Å²) in [5.74, 6) is 0.617. The van der Waals surface area contributed by atoms with Crippen LogP contribution in [0.25, 0.3) is 0 Å². The summed E-state index contributed by atoms with van der Waals surface area (Å²) in [4.78, 5) is 7.63. The highest BCUT2D eigenvalue weighted by Gasteiger charge is 2.03. The Kier molecular flexibility index (Phi) is 4.15. The fourth-order valence-corrected chi connectivity index (χ4v) is 2.96. The SMILES string of the molecule is CS(=O)(=O)CCSc1ccnc(Cl)n1. The molecule has 1 heterocycles. The van der Waals surface area contributed by atoms with Gasteiger partial charge >= 0.3 is 0 Å². The maximum absolute atomic E-state index is 10.8. The lowest BCUT2D eigenvalue weighted by molar-refractivity contribution is 0.603. The molecule has 0 atom stereocenters. The van der Waals surface area contributed by atoms with Crippen molar-refractivity contribution in [2.24, 2.45) is 0 Å². The first-order valence-corrected chi connectivity index (χ1v) is 7.19. The monoisotopic (exact) mass is 252 g/mol. The minimum Gasteiger partial charge on any atom is -0.229 e. The van der Waals surface area contributed by atoms with Crippen LogP contribution in [0.15, 0.2) is 17.3 Å². The van der Waals surface area contributed by atoms with Gasteiger partial charge in [-0.15, -0.1) is 11.8 Å². The molecule has 0 aromatic carbocycles. The Labute approximate surface area is 92.0 Å². The lowest BCUT2D eigenvalue weighted by atomic mass is 10.7. The number of hydrogen-bond donors (Lipinski definition) is 0. The van der Waals surface area contributed by atoms with Crippen molar-refractivity contribution in [3.05, 3.63) is 17.5 Å². The van der Waals surface area contributed by atoms with E-state index in [1.54, 1.807) is 6.07 Å². The zero-order chi connectivity index (χ0) is 10.6. The van der Waals surface area contributed by atoms with Crippen molar-refractivity contribution < 1.29 is 8.42 Å². The van der Waals surface area contributed by atoms with E-state index in [1.807, 2.05) is 0 Å². The van der Waals surface area contributed by atoms with Gasteiger partial charge in [-0.2, -0.15) is 0 Å². The fourth-order valence-electron chi connectivity index (χ4n) is 0.698. The standard InChI is InChI=1S/C7H9ClN2O2S2/c1-14(11,12)5-4-13-6-2-3-9-7(8)10-6/h2-3H,4-5H2,1H3. The third kappa shape index (κ3) is 4.78. The summed E-state index contributed by atoms with van der Waals surface area (Å²) in [6, 6.07) is 1.69. The van der Waals surface area contributed by atoms with E-state index in [2.05, 4.69) is 9.97 Å². The van der Waals surface area contributed by atoms with Gasteiger partial charge in [0.05, 0.1) is 5.75 Å². The normalized spacial score (nSPS) is 11.6. The Balaban J connectivity index is 2.47. The molecule has 1 rings (SSSR count). The van der Waals surface area contributed by atoms with E-state index in [1.165, 1.54) is 24.2 Å². The van der Waals surface area contributed by atoms with E-state index in [9.17, 15) is 8.42 Å². The van der Waals surface area contributed by atoms with Gasteiger partial charge in [0.15, 0.2) is 0 Å². The van der Waals surface area contributed by atoms with Crippen molar-refractivity contribution in [1.29, 1.82) is 0 Å². The third-order valence-electron chi connectivity index (χ3n) is 1.30. The van der Waals surface area contributed by atoms with Crippen LogP contribution in [0, 0.1) is 0 Å². The van der Waals surface area contributed by atoms with Gasteiger partial charge in [0.1, 0.15) is 14.9 Å². The summed E-state index contributed by atoms with van der Waals surface area (Å²) in [6.45, 7) is 0. The Morgan fingerprint density at radius 3 is 2.86 bits per heavy atom. The van der Waals surface area contributed by atoms with Crippen LogP contribution in [-0.4, -0.2) is 36.1 Å². The highest BCUT2D eigenvalue weighted by Crippen LogP contribution is 2.15. The fraction of sp³-hybridized carbons (Fsp3) is 0.429. The van der Waals surface area contributed by atoms with Crippen LogP contribution in [0.1, 0.15) is 0 Å². The minimum atomic E-state index is -2.90. The Morgan fingerprint density at radius 2 is 2.29 bits per heavy atom. The number of thioether (sulfide) groups is 1. The molecule has 0 amide bonds. The maximum atomic E-state index is 10.8. The first kappa shape index (κ1) is 11.7. The molecule has 0 aliphatic carbocycles. The smallest absolute Gasteiger partial charge is 0.223 e. The second kappa shape index (κ2) is 4.95. The van der Waals surface area contributed by atoms with Crippen molar-refractivity contribution in [3.8, 4) is 0 Å². The summed E-state index contributed by atoms with van der Waals surface area (Å²) in [5, 5.41) is 0.864. The summed E-state index contributed by atoms with van der Waals surface area (Å²) in [7, 11) is -2.90. The van der Waals surface area contributed by atoms with Gasteiger partial charge in [-0.25, -0.2) is 18.4 Å². The molecule has 0 radical (unpaired) electrons. The Bertz CT molecular complexity index is 408. The topological polar surface area (TPSA) is 59.9 Å². The molecule has 0 bridgehead atoms. The molecule has 78 valence electrons. The average molecular weight is 253 g/mol. The zero-order valence-electron chi connectivity index (χ0n) is 7.47. The van der Waals surface area contributed by atoms with Crippen LogP contribution in [-0.2, 0) is 9.84 Å². The maximum Gasteiger partial charge on any atom is 0.223 e. The van der Waals surface area contributed by atoms with Crippen molar-refractivity contribution >= 4 is 33.2 Å². The van der Waals surface area contributed by atoms with Crippen LogP contribution < -0.4 is 0 Å². The molecule has 0 saturated heterocycles. The van der Waals surface area contributed by atoms with Crippen LogP contribution >= 0.6 is 23.4 Å². The quantitative estimate of drug-likeness (QED) is 0.459. The van der Waals surface area contributed by atoms with Gasteiger partial charge in [0.25, 0.3) is 0 Å². The van der Waals surface area contributed by atoms with E-state index in [0.717, 1.165) is 0 Å². The largest absolute Gasteiger partial charge is 0.229 e. The number of sulfone groups is 1. The highest BCUT2D eigenvalue weighted by atomic mass is 35.5. The molecule has 0 N–H and O–H groups in total. The zero-order valence-corrected chi connectivity index (χ0v) is 9.86. The predicted molar refractivity (Wildman–Crippen MR) is 57.5 cm³/mol. The van der Waals surface area contributed by atoms with E-state index < -0.39 is 9.84 Å². The summed E-state index contributed by atoms with van der Waals surface area (Å²) in [5.41, 5.74) is 0. The lowest BCUT2D eigenvalue weighted by Gasteiger charge is -1.99. The molecule has 0 fully saturated rings. The van der Waals surface area contributed by atoms with Gasteiger partial charge in [-0.05, 0) is 17.7 Å². The average Bonchev–Trinajstić information content (AvgIpc) is 2.01. The van der Waals surface area contributed by atoms with Gasteiger partial charge in [-0.3, -0.25) is 0 Å². The van der Waals surface area contributed by atoms with Crippen LogP contribution in [0.3, 0.4) is 0 Å². The molecule has 1 aromatic heterocycles. The predicted octanol–water partition coefficient (Wildman–Crippen LogP) is 1.27. The van der Waals surface area contributed by atoms with E-state index >= 15 is 0 Å².